The first-order valence-electron chi connectivity index (χ1n) is 14.2. The molecule has 0 bridgehead atoms. The Morgan fingerprint density at radius 1 is 0.469 bits per heavy atom. The molecule has 0 atom stereocenters. The van der Waals surface area contributed by atoms with Gasteiger partial charge < -0.3 is 5.32 Å². The summed E-state index contributed by atoms with van der Waals surface area (Å²) in [5, 5.41) is 3.07. The van der Waals surface area contributed by atoms with E-state index < -0.39 is 10.1 Å². The lowest BCUT2D eigenvalue weighted by atomic mass is 10.0. The number of nitrogens with one attached hydrogen (secondary N) is 1. The van der Waals surface area contributed by atoms with Crippen LogP contribution in [0.3, 0.4) is 0 Å². The maximum atomic E-state index is 10.6. The normalized spacial score (nSPS) is 11.9. The Hall–Kier alpha value is -0.130. The van der Waals surface area contributed by atoms with Gasteiger partial charge in [-0.15, -0.1) is 0 Å². The zero-order valence-corrected chi connectivity index (χ0v) is 22.4. The van der Waals surface area contributed by atoms with Crippen LogP contribution in [0.15, 0.2) is 0 Å². The molecule has 2 N–H and O–H groups in total. The summed E-state index contributed by atoms with van der Waals surface area (Å²) in [5.74, 6) is -0.188. The lowest BCUT2D eigenvalue weighted by Crippen LogP contribution is -2.23. The summed E-state index contributed by atoms with van der Waals surface area (Å²) in [6.45, 7) is 3.48. The van der Waals surface area contributed by atoms with Crippen LogP contribution in [0.4, 0.5) is 0 Å². The second-order valence-corrected chi connectivity index (χ2v) is 11.4. The first-order chi connectivity index (χ1) is 15.6. The average Bonchev–Trinajstić information content (AvgIpc) is 2.75. The molecule has 194 valence electrons. The SMILES string of the molecule is CCCCCCCCCCCCCCCCCCCCCCCCCNCCS(=O)(=O)O. The van der Waals surface area contributed by atoms with Crippen LogP contribution in [0.1, 0.15) is 155 Å². The molecule has 0 spiro atoms. The lowest BCUT2D eigenvalue weighted by Gasteiger charge is -2.05. The van der Waals surface area contributed by atoms with E-state index in [2.05, 4.69) is 12.2 Å². The van der Waals surface area contributed by atoms with E-state index in [0.717, 1.165) is 13.0 Å². The molecule has 0 aliphatic rings. The molecular formula is C27H57NO3S. The van der Waals surface area contributed by atoms with Crippen LogP contribution in [0.2, 0.25) is 0 Å². The molecule has 0 radical (unpaired) electrons. The molecule has 0 aromatic rings. The zero-order chi connectivity index (χ0) is 23.6. The predicted octanol–water partition coefficient (Wildman–Crippen LogP) is 8.46. The van der Waals surface area contributed by atoms with Crippen molar-refractivity contribution in [2.45, 2.75) is 155 Å². The molecule has 0 aromatic carbocycles. The summed E-state index contributed by atoms with van der Waals surface area (Å²) >= 11 is 0. The Bertz CT molecular complexity index is 454. The van der Waals surface area contributed by atoms with Gasteiger partial charge in [0.2, 0.25) is 0 Å². The van der Waals surface area contributed by atoms with Crippen LogP contribution >= 0.6 is 0 Å². The molecular weight excluding hydrogens is 418 g/mol. The van der Waals surface area contributed by atoms with Gasteiger partial charge in [0.1, 0.15) is 0 Å². The minimum Gasteiger partial charge on any atom is -0.316 e. The molecule has 0 heterocycles. The van der Waals surface area contributed by atoms with Crippen molar-refractivity contribution in [3.63, 3.8) is 0 Å². The second kappa shape index (κ2) is 25.5. The summed E-state index contributed by atoms with van der Waals surface area (Å²) in [7, 11) is -3.82. The Morgan fingerprint density at radius 3 is 1.03 bits per heavy atom. The summed E-state index contributed by atoms with van der Waals surface area (Å²) in [6.07, 6.45) is 32.1. The Morgan fingerprint density at radius 2 is 0.750 bits per heavy atom. The van der Waals surface area contributed by atoms with E-state index in [1.165, 1.54) is 141 Å². The standard InChI is InChI=1S/C27H57NO3S/c1-2-3-4-5-6-7-8-9-10-11-12-13-14-15-16-17-18-19-20-21-22-23-24-25-28-26-27-32(29,30)31/h28H,2-27H2,1H3,(H,29,30,31). The fraction of sp³-hybridized carbons (Fsp3) is 1.00. The van der Waals surface area contributed by atoms with E-state index in [1.807, 2.05) is 0 Å². The third-order valence-corrected chi connectivity index (χ3v) is 7.21. The third-order valence-electron chi connectivity index (χ3n) is 6.49. The van der Waals surface area contributed by atoms with E-state index in [-0.39, 0.29) is 5.75 Å². The molecule has 0 aromatic heterocycles. The summed E-state index contributed by atoms with van der Waals surface area (Å²) in [6, 6.07) is 0. The second-order valence-electron chi connectivity index (χ2n) is 9.81. The molecule has 0 saturated heterocycles. The van der Waals surface area contributed by atoms with Crippen molar-refractivity contribution >= 4 is 10.1 Å². The van der Waals surface area contributed by atoms with E-state index in [1.54, 1.807) is 0 Å². The lowest BCUT2D eigenvalue weighted by molar-refractivity contribution is 0.479. The van der Waals surface area contributed by atoms with Crippen LogP contribution in [0.5, 0.6) is 0 Å². The van der Waals surface area contributed by atoms with Gasteiger partial charge >= 0.3 is 0 Å². The molecule has 0 fully saturated rings. The van der Waals surface area contributed by atoms with Crippen molar-refractivity contribution in [3.05, 3.63) is 0 Å². The Balaban J connectivity index is 3.04. The van der Waals surface area contributed by atoms with Crippen molar-refractivity contribution in [1.29, 1.82) is 0 Å². The van der Waals surface area contributed by atoms with Gasteiger partial charge in [-0.05, 0) is 13.0 Å². The molecule has 32 heavy (non-hydrogen) atoms. The fourth-order valence-corrected chi connectivity index (χ4v) is 4.76. The largest absolute Gasteiger partial charge is 0.316 e. The van der Waals surface area contributed by atoms with Gasteiger partial charge in [-0.3, -0.25) is 4.55 Å². The monoisotopic (exact) mass is 475 g/mol. The van der Waals surface area contributed by atoms with Crippen molar-refractivity contribution < 1.29 is 13.0 Å². The van der Waals surface area contributed by atoms with Crippen LogP contribution in [-0.4, -0.2) is 31.8 Å². The maximum absolute atomic E-state index is 10.6. The number of unbranched alkanes of at least 4 members (excludes halogenated alkanes) is 22. The zero-order valence-electron chi connectivity index (χ0n) is 21.6. The number of hydrogen-bond acceptors (Lipinski definition) is 3. The molecule has 0 aliphatic carbocycles. The van der Waals surface area contributed by atoms with Gasteiger partial charge in [0.25, 0.3) is 10.1 Å². The highest BCUT2D eigenvalue weighted by atomic mass is 32.2. The number of hydrogen-bond donors (Lipinski definition) is 2. The van der Waals surface area contributed by atoms with Crippen LogP contribution in [0.25, 0.3) is 0 Å². The highest BCUT2D eigenvalue weighted by Gasteiger charge is 2.02. The Kier molecular flexibility index (Phi) is 25.4. The van der Waals surface area contributed by atoms with Gasteiger partial charge in [-0.1, -0.05) is 148 Å². The first kappa shape index (κ1) is 31.9. The molecule has 0 aliphatic heterocycles. The highest BCUT2D eigenvalue weighted by Crippen LogP contribution is 2.15. The van der Waals surface area contributed by atoms with Crippen molar-refractivity contribution in [3.8, 4) is 0 Å². The van der Waals surface area contributed by atoms with Crippen molar-refractivity contribution in [2.24, 2.45) is 0 Å². The van der Waals surface area contributed by atoms with E-state index in [0.29, 0.717) is 6.54 Å². The van der Waals surface area contributed by atoms with Gasteiger partial charge in [-0.25, -0.2) is 0 Å². The maximum Gasteiger partial charge on any atom is 0.266 e. The van der Waals surface area contributed by atoms with Gasteiger partial charge in [-0.2, -0.15) is 8.42 Å². The van der Waals surface area contributed by atoms with Gasteiger partial charge in [0.05, 0.1) is 5.75 Å². The van der Waals surface area contributed by atoms with E-state index in [4.69, 9.17) is 4.55 Å². The summed E-state index contributed by atoms with van der Waals surface area (Å²) in [4.78, 5) is 0. The van der Waals surface area contributed by atoms with E-state index >= 15 is 0 Å². The molecule has 0 amide bonds. The molecule has 4 nitrogen and oxygen atoms in total. The molecule has 0 rings (SSSR count). The quantitative estimate of drug-likeness (QED) is 0.0923. The highest BCUT2D eigenvalue weighted by molar-refractivity contribution is 7.85. The predicted molar refractivity (Wildman–Crippen MR) is 141 cm³/mol. The van der Waals surface area contributed by atoms with Crippen molar-refractivity contribution in [2.75, 3.05) is 18.8 Å². The molecule has 5 heteroatoms. The summed E-state index contributed by atoms with van der Waals surface area (Å²) < 4.78 is 29.8. The van der Waals surface area contributed by atoms with Crippen LogP contribution < -0.4 is 5.32 Å². The molecule has 0 saturated carbocycles. The van der Waals surface area contributed by atoms with Crippen LogP contribution in [0, 0.1) is 0 Å². The Labute approximate surface area is 201 Å². The summed E-state index contributed by atoms with van der Waals surface area (Å²) in [5.41, 5.74) is 0. The fourth-order valence-electron chi connectivity index (χ4n) is 4.36. The van der Waals surface area contributed by atoms with Gasteiger partial charge in [0.15, 0.2) is 0 Å². The topological polar surface area (TPSA) is 66.4 Å². The first-order valence-corrected chi connectivity index (χ1v) is 15.8. The van der Waals surface area contributed by atoms with Crippen LogP contribution in [-0.2, 0) is 10.1 Å². The molecule has 0 unspecified atom stereocenters. The average molecular weight is 476 g/mol. The number of rotatable bonds is 27. The minimum absolute atomic E-state index is 0.188. The smallest absolute Gasteiger partial charge is 0.266 e. The van der Waals surface area contributed by atoms with E-state index in [9.17, 15) is 8.42 Å². The van der Waals surface area contributed by atoms with Gasteiger partial charge in [0, 0.05) is 6.54 Å². The van der Waals surface area contributed by atoms with Crippen molar-refractivity contribution in [1.82, 2.24) is 5.32 Å². The third kappa shape index (κ3) is 29.9. The minimum atomic E-state index is -3.82.